The van der Waals surface area contributed by atoms with E-state index in [1.54, 1.807) is 13.8 Å². The van der Waals surface area contributed by atoms with E-state index < -0.39 is 14.6 Å². The van der Waals surface area contributed by atoms with Gasteiger partial charge in [0.25, 0.3) is 0 Å². The quantitative estimate of drug-likeness (QED) is 0.737. The molecule has 2 N–H and O–H groups in total. The largest absolute Gasteiger partial charge is 0.395 e. The Morgan fingerprint density at radius 1 is 1.17 bits per heavy atom. The minimum atomic E-state index is -3.75. The Morgan fingerprint density at radius 2 is 1.79 bits per heavy atom. The van der Waals surface area contributed by atoms with E-state index in [9.17, 15) is 8.42 Å². The number of hydrogen-bond acceptors (Lipinski definition) is 6. The molecule has 0 fully saturated rings. The maximum atomic E-state index is 13.0. The lowest BCUT2D eigenvalue weighted by atomic mass is 10.1. The monoisotopic (exact) mass is 389 g/mol. The van der Waals surface area contributed by atoms with Crippen molar-refractivity contribution < 1.29 is 13.5 Å². The van der Waals surface area contributed by atoms with Gasteiger partial charge in [-0.1, -0.05) is 11.6 Å². The van der Waals surface area contributed by atoms with E-state index in [0.29, 0.717) is 10.8 Å². The standard InChI is InChI=1S/C15H17Cl2N3O3S/c1-15(2,24(22,23)11-5-3-10(16)4-6-11)12-9-13(18-7-8-21)20-14(17)19-12/h3-6,9,21H,7-8H2,1-2H3,(H,18,19,20). The number of aliphatic hydroxyl groups is 1. The van der Waals surface area contributed by atoms with Crippen LogP contribution in [0.25, 0.3) is 0 Å². The number of nitrogens with one attached hydrogen (secondary N) is 1. The van der Waals surface area contributed by atoms with Gasteiger partial charge in [0.1, 0.15) is 10.6 Å². The number of aliphatic hydroxyl groups excluding tert-OH is 1. The van der Waals surface area contributed by atoms with E-state index >= 15 is 0 Å². The summed E-state index contributed by atoms with van der Waals surface area (Å²) >= 11 is 11.7. The Bertz CT molecular complexity index is 824. The Morgan fingerprint density at radius 3 is 2.38 bits per heavy atom. The summed E-state index contributed by atoms with van der Waals surface area (Å²) in [7, 11) is -3.75. The lowest BCUT2D eigenvalue weighted by Crippen LogP contribution is -2.31. The molecule has 130 valence electrons. The van der Waals surface area contributed by atoms with Gasteiger partial charge in [0.2, 0.25) is 5.28 Å². The Hall–Kier alpha value is -1.41. The summed E-state index contributed by atoms with van der Waals surface area (Å²) in [6.07, 6.45) is 0. The van der Waals surface area contributed by atoms with Gasteiger partial charge in [-0.2, -0.15) is 0 Å². The molecule has 1 heterocycles. The molecular formula is C15H17Cl2N3O3S. The van der Waals surface area contributed by atoms with Crippen molar-refractivity contribution in [2.24, 2.45) is 0 Å². The number of benzene rings is 1. The van der Waals surface area contributed by atoms with Gasteiger partial charge in [0, 0.05) is 17.6 Å². The van der Waals surface area contributed by atoms with Crippen LogP contribution >= 0.6 is 23.2 Å². The molecule has 0 aliphatic rings. The van der Waals surface area contributed by atoms with Crippen LogP contribution in [0.4, 0.5) is 5.82 Å². The molecule has 0 radical (unpaired) electrons. The highest BCUT2D eigenvalue weighted by molar-refractivity contribution is 7.92. The summed E-state index contributed by atoms with van der Waals surface area (Å²) in [5.74, 6) is 0.346. The number of nitrogens with zero attached hydrogens (tertiary/aromatic N) is 2. The highest BCUT2D eigenvalue weighted by Crippen LogP contribution is 2.35. The van der Waals surface area contributed by atoms with E-state index in [4.69, 9.17) is 28.3 Å². The highest BCUT2D eigenvalue weighted by atomic mass is 35.5. The zero-order valence-electron chi connectivity index (χ0n) is 13.1. The van der Waals surface area contributed by atoms with Crippen LogP contribution in [0.5, 0.6) is 0 Å². The molecule has 2 aromatic rings. The van der Waals surface area contributed by atoms with Crippen LogP contribution in [0.15, 0.2) is 35.2 Å². The van der Waals surface area contributed by atoms with Crippen molar-refractivity contribution in [1.82, 2.24) is 9.97 Å². The van der Waals surface area contributed by atoms with E-state index in [0.717, 1.165) is 0 Å². The molecule has 0 saturated heterocycles. The van der Waals surface area contributed by atoms with Crippen LogP contribution in [0.1, 0.15) is 19.5 Å². The SMILES string of the molecule is CC(C)(c1cc(NCCO)nc(Cl)n1)S(=O)(=O)c1ccc(Cl)cc1. The first-order chi connectivity index (χ1) is 11.2. The Kier molecular flexibility index (Phi) is 5.70. The average molecular weight is 390 g/mol. The van der Waals surface area contributed by atoms with Gasteiger partial charge >= 0.3 is 0 Å². The minimum Gasteiger partial charge on any atom is -0.395 e. The van der Waals surface area contributed by atoms with E-state index in [-0.39, 0.29) is 29.0 Å². The third-order valence-electron chi connectivity index (χ3n) is 3.53. The molecule has 0 spiro atoms. The molecule has 6 nitrogen and oxygen atoms in total. The lowest BCUT2D eigenvalue weighted by Gasteiger charge is -2.25. The molecular weight excluding hydrogens is 373 g/mol. The Labute approximate surface area is 150 Å². The van der Waals surface area contributed by atoms with Crippen LogP contribution < -0.4 is 5.32 Å². The van der Waals surface area contributed by atoms with Crippen molar-refractivity contribution in [3.63, 3.8) is 0 Å². The zero-order valence-corrected chi connectivity index (χ0v) is 15.5. The molecule has 0 bridgehead atoms. The molecule has 1 aromatic carbocycles. The van der Waals surface area contributed by atoms with E-state index in [2.05, 4.69) is 15.3 Å². The molecule has 24 heavy (non-hydrogen) atoms. The van der Waals surface area contributed by atoms with Crippen molar-refractivity contribution in [2.75, 3.05) is 18.5 Å². The summed E-state index contributed by atoms with van der Waals surface area (Å²) < 4.78 is 24.6. The summed E-state index contributed by atoms with van der Waals surface area (Å²) in [4.78, 5) is 8.18. The van der Waals surface area contributed by atoms with Crippen molar-refractivity contribution in [2.45, 2.75) is 23.5 Å². The fourth-order valence-electron chi connectivity index (χ4n) is 2.05. The van der Waals surface area contributed by atoms with Gasteiger partial charge < -0.3 is 10.4 Å². The molecule has 0 aliphatic carbocycles. The maximum Gasteiger partial charge on any atom is 0.224 e. The second-order valence-corrected chi connectivity index (χ2v) is 8.80. The summed E-state index contributed by atoms with van der Waals surface area (Å²) in [5, 5.41) is 12.1. The van der Waals surface area contributed by atoms with Gasteiger partial charge in [-0.3, -0.25) is 0 Å². The molecule has 0 saturated carbocycles. The summed E-state index contributed by atoms with van der Waals surface area (Å²) in [6.45, 7) is 3.26. The van der Waals surface area contributed by atoms with Crippen LogP contribution in [0.2, 0.25) is 10.3 Å². The number of sulfone groups is 1. The molecule has 9 heteroatoms. The zero-order chi connectivity index (χ0) is 18.0. The fraction of sp³-hybridized carbons (Fsp3) is 0.333. The van der Waals surface area contributed by atoms with Gasteiger partial charge in [-0.15, -0.1) is 0 Å². The number of halogens is 2. The second kappa shape index (κ2) is 7.23. The maximum absolute atomic E-state index is 13.0. The van der Waals surface area contributed by atoms with E-state index in [1.807, 2.05) is 0 Å². The molecule has 0 unspecified atom stereocenters. The van der Waals surface area contributed by atoms with Gasteiger partial charge in [-0.25, -0.2) is 18.4 Å². The van der Waals surface area contributed by atoms with Crippen LogP contribution in [0.3, 0.4) is 0 Å². The first kappa shape index (κ1) is 18.9. The summed E-state index contributed by atoms with van der Waals surface area (Å²) in [5.41, 5.74) is 0.248. The lowest BCUT2D eigenvalue weighted by molar-refractivity contribution is 0.311. The van der Waals surface area contributed by atoms with Crippen molar-refractivity contribution >= 4 is 38.9 Å². The third kappa shape index (κ3) is 3.80. The summed E-state index contributed by atoms with van der Waals surface area (Å²) in [6, 6.07) is 7.45. The fourth-order valence-corrected chi connectivity index (χ4v) is 3.82. The molecule has 0 amide bonds. The van der Waals surface area contributed by atoms with Crippen LogP contribution in [-0.4, -0.2) is 36.6 Å². The van der Waals surface area contributed by atoms with Crippen molar-refractivity contribution in [3.05, 3.63) is 46.3 Å². The predicted molar refractivity (Wildman–Crippen MR) is 94.3 cm³/mol. The number of hydrogen-bond donors (Lipinski definition) is 2. The first-order valence-electron chi connectivity index (χ1n) is 7.08. The molecule has 1 aromatic heterocycles. The van der Waals surface area contributed by atoms with Crippen molar-refractivity contribution in [3.8, 4) is 0 Å². The van der Waals surface area contributed by atoms with Crippen LogP contribution in [-0.2, 0) is 14.6 Å². The molecule has 2 rings (SSSR count). The van der Waals surface area contributed by atoms with E-state index in [1.165, 1.54) is 30.3 Å². The smallest absolute Gasteiger partial charge is 0.224 e. The molecule has 0 atom stereocenters. The first-order valence-corrected chi connectivity index (χ1v) is 9.32. The average Bonchev–Trinajstić information content (AvgIpc) is 2.52. The number of aromatic nitrogens is 2. The van der Waals surface area contributed by atoms with Gasteiger partial charge in [-0.05, 0) is 49.7 Å². The van der Waals surface area contributed by atoms with Gasteiger partial charge in [0.05, 0.1) is 17.2 Å². The predicted octanol–water partition coefficient (Wildman–Crippen LogP) is 2.90. The molecule has 0 aliphatic heterocycles. The third-order valence-corrected chi connectivity index (χ3v) is 6.40. The van der Waals surface area contributed by atoms with Gasteiger partial charge in [0.15, 0.2) is 9.84 Å². The highest BCUT2D eigenvalue weighted by Gasteiger charge is 2.39. The van der Waals surface area contributed by atoms with Crippen LogP contribution in [0, 0.1) is 0 Å². The topological polar surface area (TPSA) is 92.2 Å². The minimum absolute atomic E-state index is 0.0766. The second-order valence-electron chi connectivity index (χ2n) is 5.53. The normalized spacial score (nSPS) is 12.2. The Balaban J connectivity index is 2.48. The van der Waals surface area contributed by atoms with Crippen molar-refractivity contribution in [1.29, 1.82) is 0 Å². The number of rotatable bonds is 6. The number of anilines is 1.